The van der Waals surface area contributed by atoms with Crippen molar-refractivity contribution < 1.29 is 0 Å². The third-order valence-electron chi connectivity index (χ3n) is 7.37. The smallest absolute Gasteiger partial charge is 0.0818 e. The maximum Gasteiger partial charge on any atom is 0.0818 e. The van der Waals surface area contributed by atoms with E-state index < -0.39 is 5.41 Å². The maximum absolute atomic E-state index is 6.27. The van der Waals surface area contributed by atoms with Gasteiger partial charge in [0.25, 0.3) is 0 Å². The van der Waals surface area contributed by atoms with E-state index in [1.54, 1.807) is 0 Å². The molecule has 4 aromatic rings. The van der Waals surface area contributed by atoms with Gasteiger partial charge in [-0.3, -0.25) is 0 Å². The van der Waals surface area contributed by atoms with Crippen molar-refractivity contribution in [3.8, 4) is 0 Å². The summed E-state index contributed by atoms with van der Waals surface area (Å²) in [5.74, 6) is 0.203. The van der Waals surface area contributed by atoms with Crippen molar-refractivity contribution in [2.75, 3.05) is 0 Å². The summed E-state index contributed by atoms with van der Waals surface area (Å²) < 4.78 is 0. The standard InChI is InChI=1S/C31H20S/c32-27-19-24(20-11-3-1-4-12-20)30-28(21-13-5-2-6-14-21)29-22-15-7-9-17-25(22)31(27,30)26-18-10-8-16-23(26)29/h1-19,29H. The summed E-state index contributed by atoms with van der Waals surface area (Å²) in [7, 11) is 0. The lowest BCUT2D eigenvalue weighted by atomic mass is 9.52. The summed E-state index contributed by atoms with van der Waals surface area (Å²) in [5.41, 5.74) is 11.6. The number of hydrogen-bond acceptors (Lipinski definition) is 1. The normalized spacial score (nSPS) is 22.3. The van der Waals surface area contributed by atoms with Crippen molar-refractivity contribution in [2.24, 2.45) is 0 Å². The summed E-state index contributed by atoms with van der Waals surface area (Å²) in [6, 6.07) is 39.5. The van der Waals surface area contributed by atoms with Gasteiger partial charge in [-0.15, -0.1) is 0 Å². The molecule has 4 aliphatic carbocycles. The van der Waals surface area contributed by atoms with Crippen molar-refractivity contribution in [1.82, 2.24) is 0 Å². The van der Waals surface area contributed by atoms with Gasteiger partial charge in [0.2, 0.25) is 0 Å². The van der Waals surface area contributed by atoms with E-state index in [1.807, 2.05) is 0 Å². The van der Waals surface area contributed by atoms with Crippen molar-refractivity contribution in [3.05, 3.63) is 154 Å². The van der Waals surface area contributed by atoms with Crippen molar-refractivity contribution in [2.45, 2.75) is 11.3 Å². The molecule has 0 fully saturated rings. The Morgan fingerprint density at radius 1 is 0.562 bits per heavy atom. The van der Waals surface area contributed by atoms with E-state index in [0.29, 0.717) is 0 Å². The first-order valence-corrected chi connectivity index (χ1v) is 11.5. The van der Waals surface area contributed by atoms with E-state index in [-0.39, 0.29) is 5.92 Å². The molecular formula is C31H20S. The molecule has 0 N–H and O–H groups in total. The van der Waals surface area contributed by atoms with Gasteiger partial charge in [-0.05, 0) is 56.2 Å². The zero-order valence-electron chi connectivity index (χ0n) is 17.5. The molecule has 150 valence electrons. The minimum absolute atomic E-state index is 0.203. The molecule has 4 aromatic carbocycles. The Labute approximate surface area is 193 Å². The molecule has 0 saturated heterocycles. The molecule has 8 rings (SSSR count). The molecule has 1 heteroatoms. The molecule has 0 saturated carbocycles. The van der Waals surface area contributed by atoms with Crippen LogP contribution >= 0.6 is 12.2 Å². The summed E-state index contributed by atoms with van der Waals surface area (Å²) >= 11 is 6.27. The zero-order chi connectivity index (χ0) is 21.3. The fourth-order valence-corrected chi connectivity index (χ4v) is 6.68. The molecule has 0 radical (unpaired) electrons. The van der Waals surface area contributed by atoms with Crippen LogP contribution in [-0.2, 0) is 5.41 Å². The van der Waals surface area contributed by atoms with Crippen molar-refractivity contribution in [3.63, 3.8) is 0 Å². The number of thiocarbonyl (C=S) groups is 1. The lowest BCUT2D eigenvalue weighted by Gasteiger charge is -2.50. The van der Waals surface area contributed by atoms with Crippen LogP contribution in [0.1, 0.15) is 39.3 Å². The zero-order valence-corrected chi connectivity index (χ0v) is 18.3. The minimum Gasteiger partial charge on any atom is -0.0832 e. The van der Waals surface area contributed by atoms with Gasteiger partial charge in [-0.1, -0.05) is 121 Å². The van der Waals surface area contributed by atoms with Crippen LogP contribution in [0.25, 0.3) is 11.1 Å². The molecule has 0 atom stereocenters. The summed E-state index contributed by atoms with van der Waals surface area (Å²) in [6.07, 6.45) is 2.27. The third kappa shape index (κ3) is 2.09. The Bertz CT molecular complexity index is 1420. The molecule has 0 aromatic heterocycles. The summed E-state index contributed by atoms with van der Waals surface area (Å²) in [5, 5.41) is 0. The van der Waals surface area contributed by atoms with Crippen LogP contribution < -0.4 is 0 Å². The second-order valence-electron chi connectivity index (χ2n) is 8.80. The first-order valence-electron chi connectivity index (χ1n) is 11.1. The van der Waals surface area contributed by atoms with Crippen LogP contribution in [0.2, 0.25) is 0 Å². The fourth-order valence-electron chi connectivity index (χ4n) is 6.24. The van der Waals surface area contributed by atoms with Crippen molar-refractivity contribution in [1.29, 1.82) is 0 Å². The molecule has 0 amide bonds. The summed E-state index contributed by atoms with van der Waals surface area (Å²) in [4.78, 5) is 0.998. The molecule has 0 nitrogen and oxygen atoms in total. The highest BCUT2D eigenvalue weighted by atomic mass is 32.1. The lowest BCUT2D eigenvalue weighted by Crippen LogP contribution is -2.44. The van der Waals surface area contributed by atoms with Crippen molar-refractivity contribution >= 4 is 28.2 Å². The Kier molecular flexibility index (Phi) is 3.66. The molecule has 1 spiro atoms. The minimum atomic E-state index is -0.409. The first kappa shape index (κ1) is 18.1. The molecule has 0 unspecified atom stereocenters. The van der Waals surface area contributed by atoms with Gasteiger partial charge in [-0.25, -0.2) is 0 Å². The van der Waals surface area contributed by atoms with Crippen LogP contribution in [0, 0.1) is 0 Å². The highest BCUT2D eigenvalue weighted by molar-refractivity contribution is 7.81. The van der Waals surface area contributed by atoms with Crippen LogP contribution in [0.15, 0.2) is 121 Å². The van der Waals surface area contributed by atoms with Crippen LogP contribution in [0.4, 0.5) is 0 Å². The monoisotopic (exact) mass is 424 g/mol. The average molecular weight is 425 g/mol. The molecular weight excluding hydrogens is 404 g/mol. The first-order chi connectivity index (χ1) is 15.8. The van der Waals surface area contributed by atoms with Gasteiger partial charge in [0, 0.05) is 10.8 Å². The largest absolute Gasteiger partial charge is 0.0832 e. The Morgan fingerprint density at radius 3 is 1.66 bits per heavy atom. The van der Waals surface area contributed by atoms with Gasteiger partial charge in [0.1, 0.15) is 0 Å². The SMILES string of the molecule is S=C1C=C(c2ccccc2)C2=C(c3ccccc3)C3c4ccccc4C12c1ccccc13. The predicted molar refractivity (Wildman–Crippen MR) is 136 cm³/mol. The quantitative estimate of drug-likeness (QED) is 0.303. The van der Waals surface area contributed by atoms with E-state index in [4.69, 9.17) is 12.2 Å². The molecule has 0 heterocycles. The molecule has 32 heavy (non-hydrogen) atoms. The van der Waals surface area contributed by atoms with E-state index >= 15 is 0 Å². The Morgan fingerprint density at radius 2 is 1.06 bits per heavy atom. The van der Waals surface area contributed by atoms with Gasteiger partial charge < -0.3 is 0 Å². The molecule has 4 aliphatic rings. The lowest BCUT2D eigenvalue weighted by molar-refractivity contribution is 0.734. The van der Waals surface area contributed by atoms with Crippen LogP contribution in [0.3, 0.4) is 0 Å². The second kappa shape index (κ2) is 6.48. The fraction of sp³-hybridized carbons (Fsp3) is 0.0645. The topological polar surface area (TPSA) is 0 Å². The van der Waals surface area contributed by atoms with E-state index in [9.17, 15) is 0 Å². The number of rotatable bonds is 2. The van der Waals surface area contributed by atoms with Gasteiger partial charge in [0.15, 0.2) is 0 Å². The predicted octanol–water partition coefficient (Wildman–Crippen LogP) is 7.35. The number of allylic oxidation sites excluding steroid dienone is 4. The Balaban J connectivity index is 1.67. The Hall–Kier alpha value is -3.55. The number of benzene rings is 4. The van der Waals surface area contributed by atoms with E-state index in [0.717, 1.165) is 4.86 Å². The van der Waals surface area contributed by atoms with Gasteiger partial charge in [-0.2, -0.15) is 0 Å². The van der Waals surface area contributed by atoms with Gasteiger partial charge >= 0.3 is 0 Å². The number of hydrogen-bond donors (Lipinski definition) is 0. The third-order valence-corrected chi connectivity index (χ3v) is 7.79. The highest BCUT2D eigenvalue weighted by Crippen LogP contribution is 2.66. The molecule has 0 aliphatic heterocycles. The maximum atomic E-state index is 6.27. The van der Waals surface area contributed by atoms with E-state index in [2.05, 4.69) is 115 Å². The highest BCUT2D eigenvalue weighted by Gasteiger charge is 2.58. The van der Waals surface area contributed by atoms with Crippen LogP contribution in [-0.4, -0.2) is 4.86 Å². The summed E-state index contributed by atoms with van der Waals surface area (Å²) in [6.45, 7) is 0. The average Bonchev–Trinajstić information content (AvgIpc) is 3.19. The van der Waals surface area contributed by atoms with Crippen LogP contribution in [0.5, 0.6) is 0 Å². The molecule has 2 bridgehead atoms. The van der Waals surface area contributed by atoms with Gasteiger partial charge in [0.05, 0.1) is 5.41 Å². The van der Waals surface area contributed by atoms with E-state index in [1.165, 1.54) is 50.1 Å². The second-order valence-corrected chi connectivity index (χ2v) is 9.24.